The van der Waals surface area contributed by atoms with E-state index in [1.165, 1.54) is 18.3 Å². The quantitative estimate of drug-likeness (QED) is 0.612. The van der Waals surface area contributed by atoms with E-state index in [0.29, 0.717) is 38.4 Å². The van der Waals surface area contributed by atoms with E-state index in [0.717, 1.165) is 0 Å². The Morgan fingerprint density at radius 1 is 1.50 bits per heavy atom. The molecule has 1 saturated heterocycles. The molecule has 2 N–H and O–H groups in total. The molecule has 0 saturated carbocycles. The van der Waals surface area contributed by atoms with Gasteiger partial charge < -0.3 is 15.2 Å². The summed E-state index contributed by atoms with van der Waals surface area (Å²) in [5.74, 6) is 0.514. The molecule has 0 aliphatic carbocycles. The highest BCUT2D eigenvalue weighted by molar-refractivity contribution is 5.40. The van der Waals surface area contributed by atoms with Gasteiger partial charge in [0.15, 0.2) is 0 Å². The monoisotopic (exact) mass is 253 g/mol. The first-order valence-corrected chi connectivity index (χ1v) is 5.74. The van der Waals surface area contributed by atoms with E-state index in [1.54, 1.807) is 0 Å². The van der Waals surface area contributed by atoms with Gasteiger partial charge in [0.25, 0.3) is 5.69 Å². The number of nitro groups is 1. The van der Waals surface area contributed by atoms with Crippen LogP contribution < -0.4 is 5.32 Å². The first-order valence-electron chi connectivity index (χ1n) is 5.74. The second-order valence-corrected chi connectivity index (χ2v) is 4.35. The number of rotatable bonds is 4. The molecule has 1 aromatic rings. The fourth-order valence-corrected chi connectivity index (χ4v) is 1.78. The SMILES string of the molecule is O=[N+]([O-])c1ccc(NCC2(O)CCOCC2)nc1. The molecule has 0 spiro atoms. The van der Waals surface area contributed by atoms with E-state index in [-0.39, 0.29) is 5.69 Å². The molecule has 0 aromatic carbocycles. The predicted molar refractivity (Wildman–Crippen MR) is 64.4 cm³/mol. The maximum atomic E-state index is 10.5. The van der Waals surface area contributed by atoms with Gasteiger partial charge in [-0.2, -0.15) is 0 Å². The lowest BCUT2D eigenvalue weighted by atomic mass is 9.94. The topological polar surface area (TPSA) is 97.5 Å². The summed E-state index contributed by atoms with van der Waals surface area (Å²) >= 11 is 0. The summed E-state index contributed by atoms with van der Waals surface area (Å²) in [7, 11) is 0. The lowest BCUT2D eigenvalue weighted by Crippen LogP contribution is -2.42. The van der Waals surface area contributed by atoms with Gasteiger partial charge in [-0.25, -0.2) is 4.98 Å². The van der Waals surface area contributed by atoms with Crippen LogP contribution in [0.25, 0.3) is 0 Å². The third kappa shape index (κ3) is 3.14. The zero-order chi connectivity index (χ0) is 13.0. The Balaban J connectivity index is 1.91. The lowest BCUT2D eigenvalue weighted by Gasteiger charge is -2.32. The molecule has 1 aromatic heterocycles. The molecule has 0 amide bonds. The van der Waals surface area contributed by atoms with Crippen LogP contribution in [-0.4, -0.2) is 40.4 Å². The van der Waals surface area contributed by atoms with Crippen LogP contribution in [0.15, 0.2) is 18.3 Å². The molecule has 1 fully saturated rings. The predicted octanol–water partition coefficient (Wildman–Crippen LogP) is 0.943. The van der Waals surface area contributed by atoms with Crippen molar-refractivity contribution in [1.82, 2.24) is 4.98 Å². The van der Waals surface area contributed by atoms with Crippen molar-refractivity contribution in [2.75, 3.05) is 25.1 Å². The van der Waals surface area contributed by atoms with Crippen molar-refractivity contribution >= 4 is 11.5 Å². The average molecular weight is 253 g/mol. The minimum absolute atomic E-state index is 0.0506. The number of aliphatic hydroxyl groups is 1. The Labute approximate surface area is 104 Å². The molecule has 1 aliphatic rings. The molecule has 0 unspecified atom stereocenters. The summed E-state index contributed by atoms with van der Waals surface area (Å²) in [6.07, 6.45) is 2.34. The summed E-state index contributed by atoms with van der Waals surface area (Å²) < 4.78 is 5.18. The van der Waals surface area contributed by atoms with Gasteiger partial charge in [0.1, 0.15) is 12.0 Å². The molecule has 0 atom stereocenters. The average Bonchev–Trinajstić information content (AvgIpc) is 2.38. The van der Waals surface area contributed by atoms with E-state index < -0.39 is 10.5 Å². The third-order valence-corrected chi connectivity index (χ3v) is 2.98. The standard InChI is InChI=1S/C11H15N3O4/c15-11(3-5-18-6-4-11)8-13-10-2-1-9(7-12-10)14(16)17/h1-2,7,15H,3-6,8H2,(H,12,13). The number of hydrogen-bond acceptors (Lipinski definition) is 6. The Bertz CT molecular complexity index is 415. The second kappa shape index (κ2) is 5.28. The largest absolute Gasteiger partial charge is 0.388 e. The molecule has 2 heterocycles. The van der Waals surface area contributed by atoms with Crippen LogP contribution in [0.5, 0.6) is 0 Å². The van der Waals surface area contributed by atoms with Crippen molar-refractivity contribution in [2.24, 2.45) is 0 Å². The number of ether oxygens (including phenoxy) is 1. The van der Waals surface area contributed by atoms with Gasteiger partial charge >= 0.3 is 0 Å². The Kier molecular flexibility index (Phi) is 3.73. The van der Waals surface area contributed by atoms with E-state index in [1.807, 2.05) is 0 Å². The van der Waals surface area contributed by atoms with Gasteiger partial charge in [0.05, 0.1) is 10.5 Å². The Hall–Kier alpha value is -1.73. The van der Waals surface area contributed by atoms with Gasteiger partial charge in [-0.3, -0.25) is 10.1 Å². The van der Waals surface area contributed by atoms with Crippen LogP contribution in [0.3, 0.4) is 0 Å². The summed E-state index contributed by atoms with van der Waals surface area (Å²) in [6, 6.07) is 2.91. The summed E-state index contributed by atoms with van der Waals surface area (Å²) in [5, 5.41) is 23.6. The number of anilines is 1. The van der Waals surface area contributed by atoms with Crippen LogP contribution in [0.4, 0.5) is 11.5 Å². The van der Waals surface area contributed by atoms with Crippen LogP contribution in [-0.2, 0) is 4.74 Å². The molecular weight excluding hydrogens is 238 g/mol. The van der Waals surface area contributed by atoms with Crippen LogP contribution in [0.1, 0.15) is 12.8 Å². The van der Waals surface area contributed by atoms with Crippen molar-refractivity contribution in [3.63, 3.8) is 0 Å². The van der Waals surface area contributed by atoms with Crippen LogP contribution in [0.2, 0.25) is 0 Å². The Morgan fingerprint density at radius 2 is 2.22 bits per heavy atom. The normalized spacial score (nSPS) is 18.3. The molecule has 7 nitrogen and oxygen atoms in total. The van der Waals surface area contributed by atoms with Gasteiger partial charge in [-0.15, -0.1) is 0 Å². The van der Waals surface area contributed by atoms with E-state index in [9.17, 15) is 15.2 Å². The fraction of sp³-hybridized carbons (Fsp3) is 0.545. The van der Waals surface area contributed by atoms with E-state index >= 15 is 0 Å². The zero-order valence-electron chi connectivity index (χ0n) is 9.83. The van der Waals surface area contributed by atoms with Gasteiger partial charge in [0.2, 0.25) is 0 Å². The molecule has 18 heavy (non-hydrogen) atoms. The van der Waals surface area contributed by atoms with Gasteiger partial charge in [0, 0.05) is 38.7 Å². The number of nitrogens with one attached hydrogen (secondary N) is 1. The summed E-state index contributed by atoms with van der Waals surface area (Å²) in [5.41, 5.74) is -0.841. The maximum Gasteiger partial charge on any atom is 0.287 e. The van der Waals surface area contributed by atoms with Gasteiger partial charge in [-0.1, -0.05) is 0 Å². The van der Waals surface area contributed by atoms with Crippen molar-refractivity contribution < 1.29 is 14.8 Å². The number of nitrogens with zero attached hydrogens (tertiary/aromatic N) is 2. The van der Waals surface area contributed by atoms with Crippen molar-refractivity contribution in [2.45, 2.75) is 18.4 Å². The molecule has 98 valence electrons. The van der Waals surface area contributed by atoms with E-state index in [2.05, 4.69) is 10.3 Å². The molecule has 2 rings (SSSR count). The van der Waals surface area contributed by atoms with Gasteiger partial charge in [-0.05, 0) is 6.07 Å². The Morgan fingerprint density at radius 3 is 2.78 bits per heavy atom. The molecule has 1 aliphatic heterocycles. The minimum Gasteiger partial charge on any atom is -0.388 e. The van der Waals surface area contributed by atoms with Crippen molar-refractivity contribution in [3.05, 3.63) is 28.4 Å². The van der Waals surface area contributed by atoms with Crippen molar-refractivity contribution in [3.8, 4) is 0 Å². The number of hydrogen-bond donors (Lipinski definition) is 2. The number of pyridine rings is 1. The second-order valence-electron chi connectivity index (χ2n) is 4.35. The molecular formula is C11H15N3O4. The highest BCUT2D eigenvalue weighted by Crippen LogP contribution is 2.21. The first kappa shape index (κ1) is 12.7. The smallest absolute Gasteiger partial charge is 0.287 e. The van der Waals surface area contributed by atoms with Crippen LogP contribution in [0, 0.1) is 10.1 Å². The molecule has 0 radical (unpaired) electrons. The van der Waals surface area contributed by atoms with Crippen LogP contribution >= 0.6 is 0 Å². The number of aromatic nitrogens is 1. The van der Waals surface area contributed by atoms with E-state index in [4.69, 9.17) is 4.74 Å². The third-order valence-electron chi connectivity index (χ3n) is 2.98. The first-order chi connectivity index (χ1) is 8.59. The lowest BCUT2D eigenvalue weighted by molar-refractivity contribution is -0.385. The van der Waals surface area contributed by atoms with Crippen molar-refractivity contribution in [1.29, 1.82) is 0 Å². The minimum atomic E-state index is -0.790. The zero-order valence-corrected chi connectivity index (χ0v) is 9.83. The summed E-state index contributed by atoms with van der Waals surface area (Å²) in [6.45, 7) is 1.46. The fourth-order valence-electron chi connectivity index (χ4n) is 1.78. The maximum absolute atomic E-state index is 10.5. The highest BCUT2D eigenvalue weighted by Gasteiger charge is 2.29. The molecule has 7 heteroatoms. The highest BCUT2D eigenvalue weighted by atomic mass is 16.6. The molecule has 0 bridgehead atoms. The summed E-state index contributed by atoms with van der Waals surface area (Å²) in [4.78, 5) is 13.9.